The first-order valence-electron chi connectivity index (χ1n) is 5.92. The highest BCUT2D eigenvalue weighted by molar-refractivity contribution is 7.86. The van der Waals surface area contributed by atoms with E-state index in [0.717, 1.165) is 25.8 Å². The average molecular weight is 271 g/mol. The molecular weight excluding hydrogens is 254 g/mol. The summed E-state index contributed by atoms with van der Waals surface area (Å²) in [5.74, 6) is 0.162. The molecule has 0 amide bonds. The summed E-state index contributed by atoms with van der Waals surface area (Å²) in [5.41, 5.74) is 5.45. The maximum absolute atomic E-state index is 11.9. The van der Waals surface area contributed by atoms with E-state index in [-0.39, 0.29) is 23.4 Å². The Kier molecular flexibility index (Phi) is 4.15. The lowest BCUT2D eigenvalue weighted by atomic mass is 10.1. The number of nitrogens with one attached hydrogen (secondary N) is 1. The van der Waals surface area contributed by atoms with Gasteiger partial charge in [-0.1, -0.05) is 6.42 Å². The molecule has 2 rings (SSSR count). The third-order valence-corrected chi connectivity index (χ3v) is 4.16. The third-order valence-electron chi connectivity index (χ3n) is 2.88. The molecular formula is C11H17N3O3S. The first-order chi connectivity index (χ1) is 8.58. The number of hydrogen-bond donors (Lipinski definition) is 2. The third kappa shape index (κ3) is 3.41. The number of nitrogens with two attached hydrogens (primary N) is 1. The van der Waals surface area contributed by atoms with Crippen LogP contribution in [0.5, 0.6) is 0 Å². The van der Waals surface area contributed by atoms with Gasteiger partial charge in [0.1, 0.15) is 5.82 Å². The monoisotopic (exact) mass is 271 g/mol. The molecule has 1 fully saturated rings. The van der Waals surface area contributed by atoms with E-state index in [1.165, 1.54) is 18.3 Å². The number of nitrogens with zero attached hydrogens (tertiary/aromatic N) is 1. The van der Waals surface area contributed by atoms with Crippen molar-refractivity contribution >= 4 is 15.9 Å². The van der Waals surface area contributed by atoms with Gasteiger partial charge in [0.05, 0.1) is 11.5 Å². The fourth-order valence-electron chi connectivity index (χ4n) is 1.89. The van der Waals surface area contributed by atoms with Crippen LogP contribution in [0.4, 0.5) is 5.82 Å². The van der Waals surface area contributed by atoms with Crippen LogP contribution in [0.2, 0.25) is 0 Å². The molecule has 1 aliphatic heterocycles. The number of nitrogen functional groups attached to an aromatic ring is 1. The van der Waals surface area contributed by atoms with Crippen LogP contribution in [-0.4, -0.2) is 32.6 Å². The minimum Gasteiger partial charge on any atom is -0.384 e. The van der Waals surface area contributed by atoms with Crippen LogP contribution in [0, 0.1) is 0 Å². The second-order valence-corrected chi connectivity index (χ2v) is 5.92. The number of pyridine rings is 1. The molecule has 0 spiro atoms. The van der Waals surface area contributed by atoms with Gasteiger partial charge in [-0.05, 0) is 25.5 Å². The Hall–Kier alpha value is -1.18. The number of aromatic nitrogens is 1. The minimum absolute atomic E-state index is 0.0470. The number of anilines is 1. The van der Waals surface area contributed by atoms with Gasteiger partial charge in [0.25, 0.3) is 10.1 Å². The standard InChI is InChI=1S/C11H17N3O3S/c12-11-7-10(4-6-14-11)18(15,16)17-8-9-3-1-2-5-13-9/h4,6-7,9,13H,1-3,5,8H2,(H2,12,14). The number of hydrogen-bond acceptors (Lipinski definition) is 6. The van der Waals surface area contributed by atoms with E-state index in [9.17, 15) is 8.42 Å². The molecule has 6 nitrogen and oxygen atoms in total. The predicted molar refractivity (Wildman–Crippen MR) is 67.4 cm³/mol. The summed E-state index contributed by atoms with van der Waals surface area (Å²) in [7, 11) is -3.74. The first kappa shape index (κ1) is 13.3. The van der Waals surface area contributed by atoms with Crippen molar-refractivity contribution in [3.05, 3.63) is 18.3 Å². The first-order valence-corrected chi connectivity index (χ1v) is 7.33. The summed E-state index contributed by atoms with van der Waals surface area (Å²) < 4.78 is 28.8. The van der Waals surface area contributed by atoms with E-state index < -0.39 is 10.1 Å². The largest absolute Gasteiger partial charge is 0.384 e. The van der Waals surface area contributed by atoms with Gasteiger partial charge in [0, 0.05) is 18.3 Å². The lowest BCUT2D eigenvalue weighted by Crippen LogP contribution is -2.38. The molecule has 0 aromatic carbocycles. The van der Waals surface area contributed by atoms with Gasteiger partial charge < -0.3 is 11.1 Å². The highest BCUT2D eigenvalue weighted by Crippen LogP contribution is 2.15. The zero-order chi connectivity index (χ0) is 13.0. The van der Waals surface area contributed by atoms with Crippen molar-refractivity contribution in [3.63, 3.8) is 0 Å². The van der Waals surface area contributed by atoms with E-state index in [0.29, 0.717) is 0 Å². The van der Waals surface area contributed by atoms with Gasteiger partial charge in [0.15, 0.2) is 0 Å². The van der Waals surface area contributed by atoms with Gasteiger partial charge in [-0.15, -0.1) is 0 Å². The number of piperidine rings is 1. The summed E-state index contributed by atoms with van der Waals surface area (Å²) in [6.45, 7) is 1.07. The smallest absolute Gasteiger partial charge is 0.297 e. The van der Waals surface area contributed by atoms with E-state index in [1.54, 1.807) is 0 Å². The van der Waals surface area contributed by atoms with Gasteiger partial charge >= 0.3 is 0 Å². The van der Waals surface area contributed by atoms with Crippen molar-refractivity contribution in [3.8, 4) is 0 Å². The normalized spacial score (nSPS) is 20.8. The van der Waals surface area contributed by atoms with Gasteiger partial charge in [-0.25, -0.2) is 4.98 Å². The van der Waals surface area contributed by atoms with E-state index in [2.05, 4.69) is 10.3 Å². The maximum atomic E-state index is 11.9. The molecule has 3 N–H and O–H groups in total. The van der Waals surface area contributed by atoms with Crippen LogP contribution >= 0.6 is 0 Å². The molecule has 1 saturated heterocycles. The van der Waals surface area contributed by atoms with Crippen LogP contribution in [0.25, 0.3) is 0 Å². The second-order valence-electron chi connectivity index (χ2n) is 4.30. The Morgan fingerprint density at radius 2 is 2.33 bits per heavy atom. The second kappa shape index (κ2) is 5.64. The molecule has 1 unspecified atom stereocenters. The Labute approximate surface area is 107 Å². The Bertz CT molecular complexity index is 498. The lowest BCUT2D eigenvalue weighted by molar-refractivity contribution is 0.243. The van der Waals surface area contributed by atoms with Crippen molar-refractivity contribution < 1.29 is 12.6 Å². The zero-order valence-corrected chi connectivity index (χ0v) is 10.8. The maximum Gasteiger partial charge on any atom is 0.297 e. The topological polar surface area (TPSA) is 94.3 Å². The highest BCUT2D eigenvalue weighted by Gasteiger charge is 2.20. The molecule has 7 heteroatoms. The SMILES string of the molecule is Nc1cc(S(=O)(=O)OCC2CCCCN2)ccn1. The Balaban J connectivity index is 1.98. The van der Waals surface area contributed by atoms with Gasteiger partial charge in [-0.3, -0.25) is 4.18 Å². The summed E-state index contributed by atoms with van der Waals surface area (Å²) in [4.78, 5) is 3.80. The lowest BCUT2D eigenvalue weighted by Gasteiger charge is -2.22. The Morgan fingerprint density at radius 1 is 1.50 bits per heavy atom. The van der Waals surface area contributed by atoms with Gasteiger partial charge in [-0.2, -0.15) is 8.42 Å². The molecule has 100 valence electrons. The van der Waals surface area contributed by atoms with Crippen molar-refractivity contribution in [2.24, 2.45) is 0 Å². The van der Waals surface area contributed by atoms with Crippen molar-refractivity contribution in [1.29, 1.82) is 0 Å². The summed E-state index contributed by atoms with van der Waals surface area (Å²) >= 11 is 0. The van der Waals surface area contributed by atoms with Crippen LogP contribution < -0.4 is 11.1 Å². The van der Waals surface area contributed by atoms with Crippen molar-refractivity contribution in [2.75, 3.05) is 18.9 Å². The van der Waals surface area contributed by atoms with Crippen molar-refractivity contribution in [2.45, 2.75) is 30.2 Å². The van der Waals surface area contributed by atoms with Crippen LogP contribution in [-0.2, 0) is 14.3 Å². The molecule has 2 heterocycles. The quantitative estimate of drug-likeness (QED) is 0.775. The van der Waals surface area contributed by atoms with E-state index in [1.807, 2.05) is 0 Å². The van der Waals surface area contributed by atoms with E-state index in [4.69, 9.17) is 9.92 Å². The molecule has 0 radical (unpaired) electrons. The van der Waals surface area contributed by atoms with Crippen LogP contribution in [0.1, 0.15) is 19.3 Å². The van der Waals surface area contributed by atoms with Crippen molar-refractivity contribution in [1.82, 2.24) is 10.3 Å². The number of rotatable bonds is 4. The zero-order valence-electron chi connectivity index (χ0n) is 10.0. The van der Waals surface area contributed by atoms with E-state index >= 15 is 0 Å². The molecule has 0 bridgehead atoms. The molecule has 1 aromatic heterocycles. The molecule has 0 aliphatic carbocycles. The summed E-state index contributed by atoms with van der Waals surface area (Å²) in [6, 6.07) is 2.77. The van der Waals surface area contributed by atoms with Crippen LogP contribution in [0.15, 0.2) is 23.2 Å². The highest BCUT2D eigenvalue weighted by atomic mass is 32.2. The summed E-state index contributed by atoms with van der Waals surface area (Å²) in [6.07, 6.45) is 4.52. The fourth-order valence-corrected chi connectivity index (χ4v) is 2.86. The van der Waals surface area contributed by atoms with Gasteiger partial charge in [0.2, 0.25) is 0 Å². The Morgan fingerprint density at radius 3 is 3.00 bits per heavy atom. The average Bonchev–Trinajstić information content (AvgIpc) is 2.38. The molecule has 1 aromatic rings. The minimum atomic E-state index is -3.74. The molecule has 0 saturated carbocycles. The molecule has 1 atom stereocenters. The predicted octanol–water partition coefficient (Wildman–Crippen LogP) is 0.511. The summed E-state index contributed by atoms with van der Waals surface area (Å²) in [5, 5.41) is 3.23. The molecule has 18 heavy (non-hydrogen) atoms. The fraction of sp³-hybridized carbons (Fsp3) is 0.545. The molecule has 1 aliphatic rings. The van der Waals surface area contributed by atoms with Crippen LogP contribution in [0.3, 0.4) is 0 Å².